The van der Waals surface area contributed by atoms with Crippen molar-refractivity contribution in [2.24, 2.45) is 0 Å². The van der Waals surface area contributed by atoms with Gasteiger partial charge in [0.15, 0.2) is 0 Å². The maximum atomic E-state index is 6.44. The largest absolute Gasteiger partial charge is 0.268 e. The molecule has 0 saturated heterocycles. The van der Waals surface area contributed by atoms with Crippen LogP contribution in [-0.2, 0) is 13.0 Å². The summed E-state index contributed by atoms with van der Waals surface area (Å²) in [6.07, 6.45) is 2.87. The van der Waals surface area contributed by atoms with E-state index in [1.165, 1.54) is 5.56 Å². The number of aromatic nitrogens is 2. The predicted octanol–water partition coefficient (Wildman–Crippen LogP) is 5.17. The highest BCUT2D eigenvalue weighted by Crippen LogP contribution is 2.28. The molecule has 0 aliphatic rings. The third kappa shape index (κ3) is 3.56. The second kappa shape index (κ2) is 7.14. The van der Waals surface area contributed by atoms with Crippen molar-refractivity contribution in [1.82, 2.24) is 9.78 Å². The Morgan fingerprint density at radius 2 is 1.95 bits per heavy atom. The first-order valence-corrected chi connectivity index (χ1v) is 7.85. The fraction of sp³-hybridized carbons (Fsp3) is 0.438. The Morgan fingerprint density at radius 3 is 2.60 bits per heavy atom. The highest BCUT2D eigenvalue weighted by atomic mass is 35.5. The lowest BCUT2D eigenvalue weighted by molar-refractivity contribution is 0.596. The third-order valence-corrected chi connectivity index (χ3v) is 4.45. The van der Waals surface area contributed by atoms with E-state index in [0.717, 1.165) is 42.2 Å². The van der Waals surface area contributed by atoms with Crippen LogP contribution in [-0.4, -0.2) is 9.78 Å². The molecule has 1 aromatic heterocycles. The Kier molecular flexibility index (Phi) is 5.50. The normalized spacial score (nSPS) is 12.6. The number of hydrogen-bond donors (Lipinski definition) is 0. The predicted molar refractivity (Wildman–Crippen MR) is 85.6 cm³/mol. The average molecular weight is 311 g/mol. The van der Waals surface area contributed by atoms with Crippen molar-refractivity contribution < 1.29 is 0 Å². The zero-order valence-electron chi connectivity index (χ0n) is 11.9. The van der Waals surface area contributed by atoms with Gasteiger partial charge in [0.1, 0.15) is 0 Å². The summed E-state index contributed by atoms with van der Waals surface area (Å²) in [6.45, 7) is 4.89. The molecule has 0 fully saturated rings. The lowest BCUT2D eigenvalue weighted by Crippen LogP contribution is -2.03. The lowest BCUT2D eigenvalue weighted by atomic mass is 10.1. The third-order valence-electron chi connectivity index (χ3n) is 3.49. The molecule has 0 amide bonds. The van der Waals surface area contributed by atoms with Crippen molar-refractivity contribution >= 4 is 23.2 Å². The second-order valence-corrected chi connectivity index (χ2v) is 5.84. The van der Waals surface area contributed by atoms with E-state index >= 15 is 0 Å². The number of rotatable bonds is 6. The van der Waals surface area contributed by atoms with Gasteiger partial charge in [0.05, 0.1) is 21.8 Å². The minimum Gasteiger partial charge on any atom is -0.268 e. The molecule has 108 valence electrons. The maximum Gasteiger partial charge on any atom is 0.0847 e. The molecule has 0 saturated carbocycles. The van der Waals surface area contributed by atoms with Crippen molar-refractivity contribution in [3.05, 3.63) is 52.3 Å². The van der Waals surface area contributed by atoms with Crippen LogP contribution in [0.4, 0.5) is 0 Å². The highest BCUT2D eigenvalue weighted by molar-refractivity contribution is 6.31. The fourth-order valence-electron chi connectivity index (χ4n) is 2.39. The van der Waals surface area contributed by atoms with Gasteiger partial charge in [-0.2, -0.15) is 5.10 Å². The van der Waals surface area contributed by atoms with Crippen molar-refractivity contribution in [2.45, 2.75) is 45.0 Å². The first kappa shape index (κ1) is 15.4. The van der Waals surface area contributed by atoms with Crippen LogP contribution < -0.4 is 0 Å². The fourth-order valence-corrected chi connectivity index (χ4v) is 2.91. The molecule has 1 heterocycles. The van der Waals surface area contributed by atoms with Gasteiger partial charge in [-0.1, -0.05) is 41.9 Å². The highest BCUT2D eigenvalue weighted by Gasteiger charge is 2.13. The van der Waals surface area contributed by atoms with Gasteiger partial charge < -0.3 is 0 Å². The van der Waals surface area contributed by atoms with E-state index in [1.54, 1.807) is 0 Å². The van der Waals surface area contributed by atoms with E-state index < -0.39 is 0 Å². The van der Waals surface area contributed by atoms with Gasteiger partial charge in [-0.25, -0.2) is 0 Å². The summed E-state index contributed by atoms with van der Waals surface area (Å²) < 4.78 is 1.99. The molecule has 2 nitrogen and oxygen atoms in total. The molecular formula is C16H20Cl2N2. The zero-order chi connectivity index (χ0) is 14.5. The first-order chi connectivity index (χ1) is 9.63. The van der Waals surface area contributed by atoms with Gasteiger partial charge in [0.2, 0.25) is 0 Å². The number of hydrogen-bond acceptors (Lipinski definition) is 1. The van der Waals surface area contributed by atoms with Crippen molar-refractivity contribution in [2.75, 3.05) is 0 Å². The van der Waals surface area contributed by atoms with E-state index in [2.05, 4.69) is 24.2 Å². The van der Waals surface area contributed by atoms with Crippen LogP contribution in [0, 0.1) is 6.92 Å². The number of halogens is 2. The van der Waals surface area contributed by atoms with E-state index in [1.807, 2.05) is 29.8 Å². The monoisotopic (exact) mass is 310 g/mol. The Morgan fingerprint density at radius 1 is 1.25 bits per heavy atom. The van der Waals surface area contributed by atoms with Crippen LogP contribution in [0.1, 0.15) is 42.1 Å². The molecule has 4 heteroatoms. The van der Waals surface area contributed by atoms with Crippen LogP contribution in [0.5, 0.6) is 0 Å². The molecule has 20 heavy (non-hydrogen) atoms. The molecule has 0 radical (unpaired) electrons. The molecular weight excluding hydrogens is 291 g/mol. The molecule has 0 aliphatic carbocycles. The van der Waals surface area contributed by atoms with Crippen molar-refractivity contribution in [1.29, 1.82) is 0 Å². The topological polar surface area (TPSA) is 17.8 Å². The van der Waals surface area contributed by atoms with E-state index in [9.17, 15) is 0 Å². The Hall–Kier alpha value is -0.990. The molecule has 1 aromatic carbocycles. The minimum absolute atomic E-state index is 0.0640. The van der Waals surface area contributed by atoms with Crippen LogP contribution in [0.2, 0.25) is 5.02 Å². The minimum atomic E-state index is 0.0640. The summed E-state index contributed by atoms with van der Waals surface area (Å²) in [5.41, 5.74) is 3.22. The zero-order valence-corrected chi connectivity index (χ0v) is 13.5. The number of aryl methyl sites for hydroxylation is 2. The summed E-state index contributed by atoms with van der Waals surface area (Å²) in [5.74, 6) is 0. The maximum absolute atomic E-state index is 6.44. The second-order valence-electron chi connectivity index (χ2n) is 4.93. The molecule has 0 aliphatic heterocycles. The molecule has 0 bridgehead atoms. The standard InChI is InChI=1S/C16H20Cl2N2/c1-3-20-15(16(18)12(2)19-20)11-7-10-14(17)13-8-5-4-6-9-13/h4-6,8-9,14H,3,7,10-11H2,1-2H3. The van der Waals surface area contributed by atoms with Crippen LogP contribution in [0.25, 0.3) is 0 Å². The number of nitrogens with zero attached hydrogens (tertiary/aromatic N) is 2. The van der Waals surface area contributed by atoms with Gasteiger partial charge >= 0.3 is 0 Å². The van der Waals surface area contributed by atoms with Gasteiger partial charge in [0.25, 0.3) is 0 Å². The quantitative estimate of drug-likeness (QED) is 0.673. The molecule has 1 atom stereocenters. The van der Waals surface area contributed by atoms with Crippen LogP contribution in [0.15, 0.2) is 30.3 Å². The Bertz CT molecular complexity index is 549. The first-order valence-electron chi connectivity index (χ1n) is 7.04. The summed E-state index contributed by atoms with van der Waals surface area (Å²) in [7, 11) is 0. The molecule has 0 N–H and O–H groups in total. The summed E-state index contributed by atoms with van der Waals surface area (Å²) in [6, 6.07) is 10.2. The van der Waals surface area contributed by atoms with Gasteiger partial charge in [0, 0.05) is 6.54 Å². The summed E-state index contributed by atoms with van der Waals surface area (Å²) >= 11 is 12.7. The Balaban J connectivity index is 1.93. The summed E-state index contributed by atoms with van der Waals surface area (Å²) in [5, 5.41) is 5.30. The number of alkyl halides is 1. The molecule has 0 spiro atoms. The molecule has 1 unspecified atom stereocenters. The van der Waals surface area contributed by atoms with Crippen molar-refractivity contribution in [3.8, 4) is 0 Å². The summed E-state index contributed by atoms with van der Waals surface area (Å²) in [4.78, 5) is 0. The van der Waals surface area contributed by atoms with Gasteiger partial charge in [-0.15, -0.1) is 11.6 Å². The van der Waals surface area contributed by atoms with Crippen LogP contribution in [0.3, 0.4) is 0 Å². The van der Waals surface area contributed by atoms with E-state index in [4.69, 9.17) is 23.2 Å². The van der Waals surface area contributed by atoms with Crippen LogP contribution >= 0.6 is 23.2 Å². The van der Waals surface area contributed by atoms with Crippen molar-refractivity contribution in [3.63, 3.8) is 0 Å². The Labute approximate surface area is 130 Å². The number of benzene rings is 1. The van der Waals surface area contributed by atoms with E-state index in [0.29, 0.717) is 0 Å². The lowest BCUT2D eigenvalue weighted by Gasteiger charge is -2.10. The van der Waals surface area contributed by atoms with Gasteiger partial charge in [-0.05, 0) is 38.7 Å². The SMILES string of the molecule is CCn1nc(C)c(Cl)c1CCCC(Cl)c1ccccc1. The molecule has 2 rings (SSSR count). The van der Waals surface area contributed by atoms with E-state index in [-0.39, 0.29) is 5.38 Å². The smallest absolute Gasteiger partial charge is 0.0847 e. The van der Waals surface area contributed by atoms with Gasteiger partial charge in [-0.3, -0.25) is 4.68 Å². The average Bonchev–Trinajstić information content (AvgIpc) is 2.75. The molecule has 2 aromatic rings.